The van der Waals surface area contributed by atoms with Crippen molar-refractivity contribution in [2.75, 3.05) is 6.61 Å². The molecule has 3 heteroatoms. The minimum atomic E-state index is -0.191. The first-order valence-corrected chi connectivity index (χ1v) is 9.31. The summed E-state index contributed by atoms with van der Waals surface area (Å²) in [5.74, 6) is 2.52. The van der Waals surface area contributed by atoms with Crippen molar-refractivity contribution < 1.29 is 14.7 Å². The van der Waals surface area contributed by atoms with Crippen LogP contribution in [0.15, 0.2) is 11.6 Å². The number of hydrogen-bond donors (Lipinski definition) is 1. The van der Waals surface area contributed by atoms with Crippen LogP contribution in [0, 0.1) is 34.5 Å². The van der Waals surface area contributed by atoms with Crippen molar-refractivity contribution in [2.45, 2.75) is 58.8 Å². The highest BCUT2D eigenvalue weighted by atomic mass is 16.3. The molecule has 3 saturated carbocycles. The maximum atomic E-state index is 12.5. The maximum Gasteiger partial charge on any atom is 0.155 e. The third kappa shape index (κ3) is 1.92. The molecule has 3 fully saturated rings. The first kappa shape index (κ1) is 15.6. The molecule has 0 heterocycles. The second-order valence-corrected chi connectivity index (χ2v) is 8.81. The molecule has 4 aliphatic carbocycles. The summed E-state index contributed by atoms with van der Waals surface area (Å²) in [7, 11) is 0. The molecule has 0 aromatic heterocycles. The second-order valence-electron chi connectivity index (χ2n) is 8.81. The van der Waals surface area contributed by atoms with Crippen LogP contribution in [0.3, 0.4) is 0 Å². The summed E-state index contributed by atoms with van der Waals surface area (Å²) >= 11 is 0. The number of ketones is 2. The molecular weight excluding hydrogens is 288 g/mol. The van der Waals surface area contributed by atoms with Crippen molar-refractivity contribution in [1.82, 2.24) is 0 Å². The standard InChI is InChI=1S/C20H28O3/c1-12-9-14-15-3-4-18(23)19(15,2)7-6-16(14)20(11-21)8-5-13(22)10-17(12)20/h10,12,14-16,21H,3-9,11H2,1-2H3/t12-,14?,15?,16?,19+,20+/m1/s1. The Balaban J connectivity index is 1.77. The van der Waals surface area contributed by atoms with E-state index < -0.39 is 0 Å². The molecule has 4 rings (SSSR count). The van der Waals surface area contributed by atoms with Gasteiger partial charge in [0, 0.05) is 23.7 Å². The number of rotatable bonds is 1. The van der Waals surface area contributed by atoms with Crippen LogP contribution in [0.4, 0.5) is 0 Å². The first-order valence-electron chi connectivity index (χ1n) is 9.31. The van der Waals surface area contributed by atoms with Gasteiger partial charge in [-0.15, -0.1) is 0 Å². The number of aliphatic hydroxyl groups is 1. The number of fused-ring (bicyclic) bond motifs is 5. The largest absolute Gasteiger partial charge is 0.395 e. The fourth-order valence-corrected chi connectivity index (χ4v) is 6.81. The van der Waals surface area contributed by atoms with Gasteiger partial charge in [0.25, 0.3) is 0 Å². The highest BCUT2D eigenvalue weighted by Gasteiger charge is 2.61. The van der Waals surface area contributed by atoms with Crippen molar-refractivity contribution in [3.05, 3.63) is 11.6 Å². The predicted molar refractivity (Wildman–Crippen MR) is 87.7 cm³/mol. The van der Waals surface area contributed by atoms with Gasteiger partial charge in [-0.1, -0.05) is 19.4 Å². The van der Waals surface area contributed by atoms with Gasteiger partial charge in [0.15, 0.2) is 5.78 Å². The van der Waals surface area contributed by atoms with E-state index in [2.05, 4.69) is 13.8 Å². The predicted octanol–water partition coefficient (Wildman–Crippen LogP) is 3.31. The van der Waals surface area contributed by atoms with Gasteiger partial charge >= 0.3 is 0 Å². The summed E-state index contributed by atoms with van der Waals surface area (Å²) in [6, 6.07) is 0. The SMILES string of the molecule is C[C@@H]1CC2C(CC[C@]3(C)C(=O)CCC23)[C@@]2(CO)CCC(=O)C=C12. The molecule has 3 nitrogen and oxygen atoms in total. The van der Waals surface area contributed by atoms with E-state index in [9.17, 15) is 14.7 Å². The van der Waals surface area contributed by atoms with Crippen LogP contribution >= 0.6 is 0 Å². The Bertz CT molecular complexity index is 592. The number of aliphatic hydroxyl groups excluding tert-OH is 1. The van der Waals surface area contributed by atoms with E-state index in [0.29, 0.717) is 35.9 Å². The van der Waals surface area contributed by atoms with E-state index in [1.54, 1.807) is 0 Å². The van der Waals surface area contributed by atoms with Crippen molar-refractivity contribution in [2.24, 2.45) is 34.5 Å². The lowest BCUT2D eigenvalue weighted by atomic mass is 9.45. The van der Waals surface area contributed by atoms with E-state index in [-0.39, 0.29) is 23.2 Å². The van der Waals surface area contributed by atoms with Crippen molar-refractivity contribution in [3.8, 4) is 0 Å². The summed E-state index contributed by atoms with van der Waals surface area (Å²) in [6.07, 6.45) is 8.08. The van der Waals surface area contributed by atoms with Gasteiger partial charge in [0.05, 0.1) is 6.61 Å². The van der Waals surface area contributed by atoms with Gasteiger partial charge in [0.1, 0.15) is 5.78 Å². The third-order valence-electron chi connectivity index (χ3n) is 8.00. The van der Waals surface area contributed by atoms with Gasteiger partial charge in [-0.2, -0.15) is 0 Å². The zero-order valence-electron chi connectivity index (χ0n) is 14.3. The average Bonchev–Trinajstić information content (AvgIpc) is 2.84. The summed E-state index contributed by atoms with van der Waals surface area (Å²) in [6.45, 7) is 4.57. The lowest BCUT2D eigenvalue weighted by Crippen LogP contribution is -2.54. The molecule has 23 heavy (non-hydrogen) atoms. The van der Waals surface area contributed by atoms with Crippen molar-refractivity contribution >= 4 is 11.6 Å². The average molecular weight is 316 g/mol. The Morgan fingerprint density at radius 1 is 1.17 bits per heavy atom. The molecule has 0 radical (unpaired) electrons. The lowest BCUT2D eigenvalue weighted by Gasteiger charge is -2.59. The minimum absolute atomic E-state index is 0.122. The van der Waals surface area contributed by atoms with Gasteiger partial charge < -0.3 is 5.11 Å². The molecule has 1 N–H and O–H groups in total. The van der Waals surface area contributed by atoms with E-state index in [1.165, 1.54) is 5.57 Å². The summed E-state index contributed by atoms with van der Waals surface area (Å²) in [5, 5.41) is 10.4. The van der Waals surface area contributed by atoms with Crippen LogP contribution < -0.4 is 0 Å². The summed E-state index contributed by atoms with van der Waals surface area (Å²) in [5.41, 5.74) is 0.900. The molecule has 0 bridgehead atoms. The van der Waals surface area contributed by atoms with Crippen molar-refractivity contribution in [1.29, 1.82) is 0 Å². The van der Waals surface area contributed by atoms with Crippen LogP contribution in [0.25, 0.3) is 0 Å². The fourth-order valence-electron chi connectivity index (χ4n) is 6.81. The van der Waals surface area contributed by atoms with Gasteiger partial charge in [-0.05, 0) is 61.9 Å². The number of carbonyl (C=O) groups is 2. The topological polar surface area (TPSA) is 54.4 Å². The molecular formula is C20H28O3. The molecule has 0 aromatic carbocycles. The summed E-state index contributed by atoms with van der Waals surface area (Å²) in [4.78, 5) is 24.4. The molecule has 126 valence electrons. The molecule has 0 aliphatic heterocycles. The van der Waals surface area contributed by atoms with Crippen LogP contribution in [-0.4, -0.2) is 23.3 Å². The number of hydrogen-bond acceptors (Lipinski definition) is 3. The highest BCUT2D eigenvalue weighted by Crippen LogP contribution is 2.65. The Hall–Kier alpha value is -0.960. The minimum Gasteiger partial charge on any atom is -0.395 e. The Labute approximate surface area is 138 Å². The molecule has 4 aliphatic rings. The number of Topliss-reactive ketones (excluding diaryl/α,β-unsaturated/α-hetero) is 1. The van der Waals surface area contributed by atoms with E-state index >= 15 is 0 Å². The smallest absolute Gasteiger partial charge is 0.155 e. The van der Waals surface area contributed by atoms with E-state index in [0.717, 1.165) is 38.5 Å². The monoisotopic (exact) mass is 316 g/mol. The Morgan fingerprint density at radius 3 is 2.70 bits per heavy atom. The molecule has 0 saturated heterocycles. The van der Waals surface area contributed by atoms with E-state index in [1.807, 2.05) is 6.08 Å². The fraction of sp³-hybridized carbons (Fsp3) is 0.800. The Morgan fingerprint density at radius 2 is 1.96 bits per heavy atom. The lowest BCUT2D eigenvalue weighted by molar-refractivity contribution is -0.135. The first-order chi connectivity index (χ1) is 10.9. The second kappa shape index (κ2) is 5.02. The van der Waals surface area contributed by atoms with Crippen LogP contribution in [0.5, 0.6) is 0 Å². The molecule has 6 atom stereocenters. The van der Waals surface area contributed by atoms with E-state index in [4.69, 9.17) is 0 Å². The van der Waals surface area contributed by atoms with Crippen LogP contribution in [-0.2, 0) is 9.59 Å². The zero-order chi connectivity index (χ0) is 16.4. The molecule has 0 aromatic rings. The third-order valence-corrected chi connectivity index (χ3v) is 8.00. The number of carbonyl (C=O) groups excluding carboxylic acids is 2. The quantitative estimate of drug-likeness (QED) is 0.807. The molecule has 3 unspecified atom stereocenters. The van der Waals surface area contributed by atoms with Crippen molar-refractivity contribution in [3.63, 3.8) is 0 Å². The van der Waals surface area contributed by atoms with Gasteiger partial charge in [-0.25, -0.2) is 0 Å². The van der Waals surface area contributed by atoms with Crippen LogP contribution in [0.2, 0.25) is 0 Å². The maximum absolute atomic E-state index is 12.5. The Kier molecular flexibility index (Phi) is 3.39. The molecule has 0 amide bonds. The highest BCUT2D eigenvalue weighted by molar-refractivity contribution is 5.92. The van der Waals surface area contributed by atoms with Gasteiger partial charge in [-0.3, -0.25) is 9.59 Å². The normalized spacial score (nSPS) is 49.3. The zero-order valence-corrected chi connectivity index (χ0v) is 14.3. The molecule has 0 spiro atoms. The summed E-state index contributed by atoms with van der Waals surface area (Å²) < 4.78 is 0. The van der Waals surface area contributed by atoms with Gasteiger partial charge in [0.2, 0.25) is 0 Å². The van der Waals surface area contributed by atoms with Crippen LogP contribution in [0.1, 0.15) is 58.8 Å².